The lowest BCUT2D eigenvalue weighted by Gasteiger charge is -2.39. The fourth-order valence-electron chi connectivity index (χ4n) is 6.73. The van der Waals surface area contributed by atoms with Gasteiger partial charge >= 0.3 is 6.09 Å². The van der Waals surface area contributed by atoms with Gasteiger partial charge in [0.25, 0.3) is 11.5 Å². The molecule has 5 aromatic rings. The molecular weight excluding hydrogens is 568 g/mol. The Kier molecular flexibility index (Phi) is 8.12. The quantitative estimate of drug-likeness (QED) is 0.225. The molecular formula is C33H39N10O2+. The Labute approximate surface area is 261 Å². The number of ether oxygens (including phenoxy) is 1. The Bertz CT molecular complexity index is 1750. The molecule has 0 radical (unpaired) electrons. The summed E-state index contributed by atoms with van der Waals surface area (Å²) in [5.74, 6) is 1.52. The molecule has 232 valence electrons. The fourth-order valence-corrected chi connectivity index (χ4v) is 6.73. The molecule has 2 aromatic carbocycles. The lowest BCUT2D eigenvalue weighted by molar-refractivity contribution is -0.656. The highest BCUT2D eigenvalue weighted by Crippen LogP contribution is 2.31. The van der Waals surface area contributed by atoms with Crippen molar-refractivity contribution in [2.45, 2.75) is 51.3 Å². The summed E-state index contributed by atoms with van der Waals surface area (Å²) >= 11 is 0. The second kappa shape index (κ2) is 12.6. The third-order valence-electron chi connectivity index (χ3n) is 9.25. The number of aromatic amines is 2. The highest BCUT2D eigenvalue weighted by molar-refractivity contribution is 5.80. The summed E-state index contributed by atoms with van der Waals surface area (Å²) in [6.07, 6.45) is 7.25. The molecule has 1 aliphatic carbocycles. The van der Waals surface area contributed by atoms with Gasteiger partial charge in [0.05, 0.1) is 11.8 Å². The summed E-state index contributed by atoms with van der Waals surface area (Å²) in [6.45, 7) is 5.39. The number of benzene rings is 2. The van der Waals surface area contributed by atoms with Crippen molar-refractivity contribution in [1.82, 2.24) is 40.2 Å². The molecule has 3 atom stereocenters. The number of carbonyl (C=O) groups excluding carboxylic acids is 1. The zero-order valence-electron chi connectivity index (χ0n) is 25.5. The van der Waals surface area contributed by atoms with Gasteiger partial charge in [-0.1, -0.05) is 59.4 Å². The Balaban J connectivity index is 1.18. The lowest BCUT2D eigenvalue weighted by Crippen LogP contribution is -2.50. The van der Waals surface area contributed by atoms with Crippen LogP contribution in [0.1, 0.15) is 49.0 Å². The van der Waals surface area contributed by atoms with E-state index in [9.17, 15) is 4.79 Å². The summed E-state index contributed by atoms with van der Waals surface area (Å²) in [7, 11) is 0. The Morgan fingerprint density at radius 2 is 1.96 bits per heavy atom. The van der Waals surface area contributed by atoms with E-state index in [-0.39, 0.29) is 18.2 Å². The monoisotopic (exact) mass is 607 g/mol. The maximum absolute atomic E-state index is 13.0. The predicted molar refractivity (Wildman–Crippen MR) is 169 cm³/mol. The van der Waals surface area contributed by atoms with Gasteiger partial charge in [-0.05, 0) is 54.9 Å². The predicted octanol–water partition coefficient (Wildman–Crippen LogP) is 3.89. The van der Waals surface area contributed by atoms with Gasteiger partial charge < -0.3 is 20.4 Å². The Hall–Kier alpha value is -4.84. The number of hydrogen-bond acceptors (Lipinski definition) is 8. The number of nitrogens with two attached hydrogens (primary N) is 1. The van der Waals surface area contributed by atoms with Crippen molar-refractivity contribution in [2.24, 2.45) is 5.92 Å². The molecule has 4 heterocycles. The molecule has 1 saturated carbocycles. The number of imidazole rings is 1. The zero-order valence-corrected chi connectivity index (χ0v) is 25.5. The van der Waals surface area contributed by atoms with E-state index in [2.05, 4.69) is 85.7 Å². The number of fused-ring (bicyclic) bond motifs is 1. The van der Waals surface area contributed by atoms with Gasteiger partial charge in [0.1, 0.15) is 18.3 Å². The number of nitrogens with one attached hydrogen (secondary N) is 2. The standard InChI is InChI=1S/C33H38N10O2/c1-22-7-5-12-28(22)45-33(44)42-15-13-41(14-16-42)27(17-23-8-3-2-4-9-23)24-10-6-11-25(18-24)31-38-30(34)29-32(36-21-35-29)43(31)20-26-19-37-40-39-26/h2-4,6,8-11,18-19,21-22,27-28H,5,7,12-17,20H2,1H3,(H3,34,35,36,37,39,40)/p+1. The van der Waals surface area contributed by atoms with Crippen LogP contribution in [0.5, 0.6) is 0 Å². The van der Waals surface area contributed by atoms with Crippen molar-refractivity contribution in [2.75, 3.05) is 31.9 Å². The van der Waals surface area contributed by atoms with E-state index in [0.717, 1.165) is 50.0 Å². The third kappa shape index (κ3) is 6.10. The lowest BCUT2D eigenvalue weighted by atomic mass is 9.95. The summed E-state index contributed by atoms with van der Waals surface area (Å²) < 4.78 is 7.93. The van der Waals surface area contributed by atoms with Crippen LogP contribution in [-0.2, 0) is 17.7 Å². The van der Waals surface area contributed by atoms with Crippen LogP contribution >= 0.6 is 0 Å². The molecule has 0 spiro atoms. The molecule has 3 unspecified atom stereocenters. The van der Waals surface area contributed by atoms with Crippen LogP contribution in [0, 0.1) is 5.92 Å². The van der Waals surface area contributed by atoms with Gasteiger partial charge in [0.2, 0.25) is 5.82 Å². The molecule has 12 nitrogen and oxygen atoms in total. The number of hydrogen-bond donors (Lipinski definition) is 3. The number of rotatable bonds is 8. The summed E-state index contributed by atoms with van der Waals surface area (Å²) in [5.41, 5.74) is 11.9. The number of nitrogens with zero attached hydrogens (tertiary/aromatic N) is 7. The van der Waals surface area contributed by atoms with Crippen molar-refractivity contribution in [3.8, 4) is 11.4 Å². The van der Waals surface area contributed by atoms with Gasteiger partial charge in [-0.2, -0.15) is 15.4 Å². The molecule has 1 amide bonds. The van der Waals surface area contributed by atoms with Gasteiger partial charge in [-0.3, -0.25) is 4.90 Å². The van der Waals surface area contributed by atoms with Crippen LogP contribution in [0.25, 0.3) is 22.6 Å². The molecule has 4 N–H and O–H groups in total. The average Bonchev–Trinajstić information content (AvgIpc) is 3.86. The van der Waals surface area contributed by atoms with Gasteiger partial charge in [0, 0.05) is 32.2 Å². The van der Waals surface area contributed by atoms with E-state index in [4.69, 9.17) is 15.5 Å². The molecule has 0 bridgehead atoms. The summed E-state index contributed by atoms with van der Waals surface area (Å²) in [4.78, 5) is 29.9. The Morgan fingerprint density at radius 1 is 1.11 bits per heavy atom. The van der Waals surface area contributed by atoms with Crippen molar-refractivity contribution in [1.29, 1.82) is 0 Å². The zero-order chi connectivity index (χ0) is 30.8. The van der Waals surface area contributed by atoms with Crippen molar-refractivity contribution < 1.29 is 14.1 Å². The van der Waals surface area contributed by atoms with Crippen LogP contribution < -0.4 is 10.3 Å². The molecule has 45 heavy (non-hydrogen) atoms. The van der Waals surface area contributed by atoms with Crippen LogP contribution in [0.4, 0.5) is 10.6 Å². The Morgan fingerprint density at radius 3 is 2.71 bits per heavy atom. The van der Waals surface area contributed by atoms with E-state index < -0.39 is 0 Å². The topological polar surface area (TPSA) is 146 Å². The molecule has 7 rings (SSSR count). The number of piperazine rings is 1. The number of amides is 1. The van der Waals surface area contributed by atoms with E-state index in [1.54, 1.807) is 12.5 Å². The highest BCUT2D eigenvalue weighted by atomic mass is 16.6. The highest BCUT2D eigenvalue weighted by Gasteiger charge is 2.32. The molecule has 12 heteroatoms. The maximum Gasteiger partial charge on any atom is 0.410 e. The summed E-state index contributed by atoms with van der Waals surface area (Å²) in [6, 6.07) is 19.2. The first-order valence-corrected chi connectivity index (χ1v) is 15.7. The minimum Gasteiger partial charge on any atom is -0.446 e. The van der Waals surface area contributed by atoms with Crippen molar-refractivity contribution >= 4 is 23.1 Å². The van der Waals surface area contributed by atoms with E-state index >= 15 is 0 Å². The summed E-state index contributed by atoms with van der Waals surface area (Å²) in [5, 5.41) is 10.9. The molecule has 2 aliphatic rings. The number of aromatic nitrogens is 7. The molecule has 1 saturated heterocycles. The van der Waals surface area contributed by atoms with Crippen LogP contribution in [0.3, 0.4) is 0 Å². The van der Waals surface area contributed by atoms with Gasteiger partial charge in [0.15, 0.2) is 11.8 Å². The van der Waals surface area contributed by atoms with E-state index in [1.165, 1.54) is 11.1 Å². The fraction of sp³-hybridized carbons (Fsp3) is 0.394. The molecule has 3 aromatic heterocycles. The molecule has 1 aliphatic heterocycles. The number of anilines is 1. The first-order chi connectivity index (χ1) is 22.0. The normalized spacial score (nSPS) is 19.6. The van der Waals surface area contributed by atoms with Gasteiger partial charge in [-0.25, -0.2) is 9.36 Å². The van der Waals surface area contributed by atoms with Crippen molar-refractivity contribution in [3.05, 3.63) is 83.9 Å². The second-order valence-corrected chi connectivity index (χ2v) is 12.2. The van der Waals surface area contributed by atoms with Crippen LogP contribution in [0.2, 0.25) is 0 Å². The SMILES string of the molecule is CC1CCCC1OC(=O)N1CCN(C(Cc2ccccc2)c2cccc(-c3nc(N)c4[nH]cnc4[n+]3Cc3cn[nH]n3)c2)CC1. The smallest absolute Gasteiger partial charge is 0.410 e. The number of H-pyrrole nitrogens is 2. The largest absolute Gasteiger partial charge is 0.446 e. The van der Waals surface area contributed by atoms with Gasteiger partial charge in [-0.15, -0.1) is 0 Å². The third-order valence-corrected chi connectivity index (χ3v) is 9.25. The minimum atomic E-state index is -0.177. The first-order valence-electron chi connectivity index (χ1n) is 15.7. The maximum atomic E-state index is 13.0. The minimum absolute atomic E-state index is 0.0412. The number of carbonyl (C=O) groups is 1. The molecule has 2 fully saturated rings. The number of nitrogen functional groups attached to an aromatic ring is 1. The van der Waals surface area contributed by atoms with E-state index in [0.29, 0.717) is 48.4 Å². The average molecular weight is 608 g/mol. The van der Waals surface area contributed by atoms with Crippen molar-refractivity contribution in [3.63, 3.8) is 0 Å². The van der Waals surface area contributed by atoms with E-state index in [1.807, 2.05) is 15.5 Å². The van der Waals surface area contributed by atoms with Crippen LogP contribution in [-0.4, -0.2) is 78.5 Å². The second-order valence-electron chi connectivity index (χ2n) is 12.2. The van der Waals surface area contributed by atoms with Crippen LogP contribution in [0.15, 0.2) is 67.1 Å². The first kappa shape index (κ1) is 28.9.